The maximum absolute atomic E-state index is 11.4. The number of nitrogen functional groups attached to an aromatic ring is 1. The summed E-state index contributed by atoms with van der Waals surface area (Å²) in [4.78, 5) is 19.8. The first kappa shape index (κ1) is 12.8. The first-order chi connectivity index (χ1) is 8.54. The fraction of sp³-hybridized carbons (Fsp3) is 0.556. The molecule has 0 saturated carbocycles. The first-order valence-electron chi connectivity index (χ1n) is 5.17. The Balaban J connectivity index is 2.18. The van der Waals surface area contributed by atoms with Crippen molar-refractivity contribution in [2.24, 2.45) is 0 Å². The van der Waals surface area contributed by atoms with Gasteiger partial charge in [-0.1, -0.05) is 0 Å². The first-order valence-corrected chi connectivity index (χ1v) is 5.17. The summed E-state index contributed by atoms with van der Waals surface area (Å²) in [5.74, 6) is -0.0345. The van der Waals surface area contributed by atoms with Crippen LogP contribution in [0.5, 0.6) is 0 Å². The van der Waals surface area contributed by atoms with Gasteiger partial charge in [-0.2, -0.15) is 4.98 Å². The number of hydrogen-bond donors (Lipinski definition) is 4. The van der Waals surface area contributed by atoms with Crippen LogP contribution in [0.25, 0.3) is 0 Å². The number of nitrogens with two attached hydrogens (primary N) is 1. The zero-order valence-electron chi connectivity index (χ0n) is 9.21. The van der Waals surface area contributed by atoms with E-state index in [0.717, 1.165) is 0 Å². The molecular formula is C9H13N3O6. The predicted octanol–water partition coefficient (Wildman–Crippen LogP) is -3.31. The smallest absolute Gasteiger partial charge is 0.382 e. The Labute approximate surface area is 101 Å². The van der Waals surface area contributed by atoms with Gasteiger partial charge in [0.15, 0.2) is 0 Å². The average Bonchev–Trinajstić information content (AvgIpc) is 2.61. The van der Waals surface area contributed by atoms with Crippen molar-refractivity contribution in [2.75, 3.05) is 12.3 Å². The Hall–Kier alpha value is -1.68. The van der Waals surface area contributed by atoms with E-state index in [-0.39, 0.29) is 5.82 Å². The van der Waals surface area contributed by atoms with Crippen LogP contribution in [0.3, 0.4) is 0 Å². The highest BCUT2D eigenvalue weighted by Crippen LogP contribution is 2.20. The zero-order valence-corrected chi connectivity index (χ0v) is 9.21. The fourth-order valence-corrected chi connectivity index (χ4v) is 1.57. The standard InChI is InChI=1S/C9H13N3O6/c10-5-1-2-11-9(16)12(5)18-8-7(15)6(14)4(3-13)17-8/h1-2,4,6-8,13-15H,3,10H2/t4-,6-,7+,8?/m1/s1. The quantitative estimate of drug-likeness (QED) is 0.442. The minimum absolute atomic E-state index is 0.0345. The molecule has 9 heteroatoms. The number of aliphatic hydroxyl groups excluding tert-OH is 3. The van der Waals surface area contributed by atoms with Crippen molar-refractivity contribution < 1.29 is 24.9 Å². The van der Waals surface area contributed by atoms with Crippen molar-refractivity contribution in [3.05, 3.63) is 22.7 Å². The molecule has 2 rings (SSSR count). The molecule has 0 spiro atoms. The van der Waals surface area contributed by atoms with E-state index in [1.54, 1.807) is 0 Å². The summed E-state index contributed by atoms with van der Waals surface area (Å²) in [6.07, 6.45) is -3.82. The second-order valence-electron chi connectivity index (χ2n) is 3.76. The largest absolute Gasteiger partial charge is 0.394 e. The van der Waals surface area contributed by atoms with Gasteiger partial charge in [-0.15, -0.1) is 4.73 Å². The molecule has 9 nitrogen and oxygen atoms in total. The van der Waals surface area contributed by atoms with E-state index in [1.165, 1.54) is 12.3 Å². The third-order valence-electron chi connectivity index (χ3n) is 2.55. The molecule has 0 bridgehead atoms. The molecule has 1 saturated heterocycles. The second kappa shape index (κ2) is 4.90. The van der Waals surface area contributed by atoms with Crippen LogP contribution in [0.4, 0.5) is 5.82 Å². The summed E-state index contributed by atoms with van der Waals surface area (Å²) in [5, 5.41) is 28.0. The van der Waals surface area contributed by atoms with Crippen LogP contribution in [0.15, 0.2) is 17.1 Å². The number of ether oxygens (including phenoxy) is 1. The van der Waals surface area contributed by atoms with Gasteiger partial charge in [-0.3, -0.25) is 0 Å². The van der Waals surface area contributed by atoms with Gasteiger partial charge in [-0.25, -0.2) is 4.79 Å². The predicted molar refractivity (Wildman–Crippen MR) is 57.2 cm³/mol. The van der Waals surface area contributed by atoms with E-state index < -0.39 is 36.9 Å². The van der Waals surface area contributed by atoms with Gasteiger partial charge in [0.1, 0.15) is 24.1 Å². The minimum atomic E-state index is -1.41. The van der Waals surface area contributed by atoms with Crippen LogP contribution >= 0.6 is 0 Å². The fourth-order valence-electron chi connectivity index (χ4n) is 1.57. The molecule has 1 aliphatic heterocycles. The van der Waals surface area contributed by atoms with Crippen LogP contribution < -0.4 is 16.3 Å². The molecule has 0 aromatic carbocycles. The number of aromatic nitrogens is 2. The lowest BCUT2D eigenvalue weighted by Gasteiger charge is -2.17. The molecule has 5 N–H and O–H groups in total. The Morgan fingerprint density at radius 2 is 2.22 bits per heavy atom. The van der Waals surface area contributed by atoms with E-state index in [4.69, 9.17) is 20.4 Å². The molecule has 2 heterocycles. The monoisotopic (exact) mass is 259 g/mol. The summed E-state index contributed by atoms with van der Waals surface area (Å²) in [7, 11) is 0. The van der Waals surface area contributed by atoms with Gasteiger partial charge < -0.3 is 30.6 Å². The lowest BCUT2D eigenvalue weighted by Crippen LogP contribution is -2.42. The molecule has 100 valence electrons. The van der Waals surface area contributed by atoms with Gasteiger partial charge in [0.05, 0.1) is 6.61 Å². The Bertz CT molecular complexity index is 478. The topological polar surface area (TPSA) is 140 Å². The van der Waals surface area contributed by atoms with E-state index in [1.807, 2.05) is 0 Å². The molecule has 0 aliphatic carbocycles. The Morgan fingerprint density at radius 1 is 1.50 bits per heavy atom. The van der Waals surface area contributed by atoms with Crippen molar-refractivity contribution in [1.82, 2.24) is 9.71 Å². The molecule has 0 amide bonds. The van der Waals surface area contributed by atoms with Crippen molar-refractivity contribution in [3.63, 3.8) is 0 Å². The van der Waals surface area contributed by atoms with Crippen molar-refractivity contribution in [3.8, 4) is 0 Å². The molecule has 1 aromatic heterocycles. The van der Waals surface area contributed by atoms with Crippen LogP contribution in [0.1, 0.15) is 0 Å². The number of anilines is 1. The van der Waals surface area contributed by atoms with Crippen LogP contribution in [0.2, 0.25) is 0 Å². The van der Waals surface area contributed by atoms with E-state index >= 15 is 0 Å². The molecule has 4 atom stereocenters. The highest BCUT2D eigenvalue weighted by atomic mass is 16.8. The normalized spacial score (nSPS) is 31.5. The Kier molecular flexibility index (Phi) is 3.48. The molecule has 1 aliphatic rings. The number of hydrogen-bond acceptors (Lipinski definition) is 8. The molecule has 1 fully saturated rings. The van der Waals surface area contributed by atoms with Crippen molar-refractivity contribution in [1.29, 1.82) is 0 Å². The maximum atomic E-state index is 11.4. The summed E-state index contributed by atoms with van der Waals surface area (Å²) in [5.41, 5.74) is 4.71. The zero-order chi connectivity index (χ0) is 13.3. The average molecular weight is 259 g/mol. The van der Waals surface area contributed by atoms with Gasteiger partial charge in [0.25, 0.3) is 6.29 Å². The van der Waals surface area contributed by atoms with Gasteiger partial charge in [0, 0.05) is 12.3 Å². The van der Waals surface area contributed by atoms with Gasteiger partial charge >= 0.3 is 5.69 Å². The number of rotatable bonds is 3. The summed E-state index contributed by atoms with van der Waals surface area (Å²) in [6, 6.07) is 1.32. The van der Waals surface area contributed by atoms with E-state index in [9.17, 15) is 15.0 Å². The van der Waals surface area contributed by atoms with E-state index in [0.29, 0.717) is 4.73 Å². The second-order valence-corrected chi connectivity index (χ2v) is 3.76. The third-order valence-corrected chi connectivity index (χ3v) is 2.55. The highest BCUT2D eigenvalue weighted by Gasteiger charge is 2.44. The summed E-state index contributed by atoms with van der Waals surface area (Å²) >= 11 is 0. The third kappa shape index (κ3) is 2.16. The highest BCUT2D eigenvalue weighted by molar-refractivity contribution is 5.24. The molecule has 0 radical (unpaired) electrons. The van der Waals surface area contributed by atoms with Crippen LogP contribution in [-0.4, -0.2) is 56.2 Å². The van der Waals surface area contributed by atoms with Gasteiger partial charge in [0.2, 0.25) is 0 Å². The van der Waals surface area contributed by atoms with E-state index in [2.05, 4.69) is 4.98 Å². The van der Waals surface area contributed by atoms with Crippen LogP contribution in [-0.2, 0) is 4.74 Å². The lowest BCUT2D eigenvalue weighted by atomic mass is 10.1. The Morgan fingerprint density at radius 3 is 2.78 bits per heavy atom. The minimum Gasteiger partial charge on any atom is -0.394 e. The SMILES string of the molecule is Nc1ccnc(=O)n1OC1O[C@H](CO)[C@@H](O)[C@@H]1O. The van der Waals surface area contributed by atoms with Crippen molar-refractivity contribution >= 4 is 5.82 Å². The van der Waals surface area contributed by atoms with Gasteiger partial charge in [-0.05, 0) is 0 Å². The summed E-state index contributed by atoms with van der Waals surface area (Å²) in [6.45, 7) is -0.491. The molecular weight excluding hydrogens is 246 g/mol. The number of nitrogens with zero attached hydrogens (tertiary/aromatic N) is 2. The maximum Gasteiger partial charge on any atom is 0.382 e. The number of aliphatic hydroxyl groups is 3. The summed E-state index contributed by atoms with van der Waals surface area (Å²) < 4.78 is 5.67. The molecule has 1 unspecified atom stereocenters. The molecule has 18 heavy (non-hydrogen) atoms. The lowest BCUT2D eigenvalue weighted by molar-refractivity contribution is -0.172. The molecule has 1 aromatic rings. The van der Waals surface area contributed by atoms with Crippen LogP contribution in [0, 0.1) is 0 Å². The van der Waals surface area contributed by atoms with Crippen molar-refractivity contribution in [2.45, 2.75) is 24.6 Å².